The Morgan fingerprint density at radius 3 is 2.75 bits per heavy atom. The summed E-state index contributed by atoms with van der Waals surface area (Å²) in [5.41, 5.74) is 3.27. The van der Waals surface area contributed by atoms with E-state index < -0.39 is 6.36 Å². The first-order chi connectivity index (χ1) is 11.3. The fourth-order valence-corrected chi connectivity index (χ4v) is 3.81. The molecule has 1 fully saturated rings. The van der Waals surface area contributed by atoms with Gasteiger partial charge in [-0.15, -0.1) is 18.3 Å². The van der Waals surface area contributed by atoms with Crippen molar-refractivity contribution in [3.63, 3.8) is 0 Å². The minimum absolute atomic E-state index is 0.000206. The Bertz CT molecular complexity index is 819. The predicted octanol–water partition coefficient (Wildman–Crippen LogP) is 3.26. The van der Waals surface area contributed by atoms with Crippen molar-refractivity contribution >= 4 is 27.5 Å². The predicted molar refractivity (Wildman–Crippen MR) is 83.1 cm³/mol. The summed E-state index contributed by atoms with van der Waals surface area (Å²) in [7, 11) is 1.74. The maximum absolute atomic E-state index is 12.3. The fraction of sp³-hybridized carbons (Fsp3) is 0.467. The third-order valence-electron chi connectivity index (χ3n) is 4.00. The number of carbonyl (C=O) groups excluding carboxylic acids is 1. The van der Waals surface area contributed by atoms with Crippen molar-refractivity contribution in [3.8, 4) is 5.75 Å². The molecule has 9 heteroatoms. The van der Waals surface area contributed by atoms with E-state index in [1.54, 1.807) is 11.6 Å². The number of ether oxygens (including phenoxy) is 1. The summed E-state index contributed by atoms with van der Waals surface area (Å²) < 4.78 is 43.1. The summed E-state index contributed by atoms with van der Waals surface area (Å²) in [5, 5.41) is 4.11. The Morgan fingerprint density at radius 1 is 1.38 bits per heavy atom. The topological polar surface area (TPSA) is 55.6 Å². The molecule has 1 amide bonds. The largest absolute Gasteiger partial charge is 0.573 e. The average Bonchev–Trinajstić information content (AvgIpc) is 3.12. The van der Waals surface area contributed by atoms with E-state index in [0.717, 1.165) is 25.7 Å². The molecule has 1 aliphatic carbocycles. The highest BCUT2D eigenvalue weighted by atomic mass is 32.1. The highest BCUT2D eigenvalue weighted by molar-refractivity contribution is 7.16. The molecule has 1 aromatic carbocycles. The van der Waals surface area contributed by atoms with E-state index in [9.17, 15) is 18.0 Å². The molecule has 0 aliphatic heterocycles. The summed E-state index contributed by atoms with van der Waals surface area (Å²) in [6, 6.07) is 4.10. The number of halogens is 3. The molecule has 0 bridgehead atoms. The SMILES string of the molecule is Cn1/c(=N/NC(=O)C2CCCC2)sc2cc(OC(F)(F)F)ccc21. The van der Waals surface area contributed by atoms with Gasteiger partial charge in [0.2, 0.25) is 10.7 Å². The van der Waals surface area contributed by atoms with E-state index >= 15 is 0 Å². The highest BCUT2D eigenvalue weighted by Crippen LogP contribution is 2.27. The van der Waals surface area contributed by atoms with Crippen LogP contribution in [-0.2, 0) is 11.8 Å². The Morgan fingerprint density at radius 2 is 2.08 bits per heavy atom. The second-order valence-electron chi connectivity index (χ2n) is 5.69. The van der Waals surface area contributed by atoms with Crippen molar-refractivity contribution in [1.82, 2.24) is 9.99 Å². The number of hydrogen-bond donors (Lipinski definition) is 1. The molecule has 0 saturated heterocycles. The van der Waals surface area contributed by atoms with Gasteiger partial charge in [0.05, 0.1) is 10.2 Å². The summed E-state index contributed by atoms with van der Waals surface area (Å²) in [6.07, 6.45) is -0.876. The van der Waals surface area contributed by atoms with Crippen molar-refractivity contribution in [2.24, 2.45) is 18.1 Å². The third kappa shape index (κ3) is 3.72. The van der Waals surface area contributed by atoms with Gasteiger partial charge in [-0.05, 0) is 31.0 Å². The van der Waals surface area contributed by atoms with Gasteiger partial charge < -0.3 is 9.30 Å². The molecule has 0 spiro atoms. The Balaban J connectivity index is 1.84. The minimum atomic E-state index is -4.73. The van der Waals surface area contributed by atoms with Crippen LogP contribution < -0.4 is 15.0 Å². The zero-order chi connectivity index (χ0) is 17.3. The molecule has 1 heterocycles. The molecular formula is C15H16F3N3O2S. The molecule has 5 nitrogen and oxygen atoms in total. The Labute approximate surface area is 139 Å². The van der Waals surface area contributed by atoms with Crippen LogP contribution in [-0.4, -0.2) is 16.8 Å². The van der Waals surface area contributed by atoms with Gasteiger partial charge >= 0.3 is 6.36 Å². The van der Waals surface area contributed by atoms with Crippen molar-refractivity contribution < 1.29 is 22.7 Å². The number of benzene rings is 1. The molecule has 0 atom stereocenters. The van der Waals surface area contributed by atoms with E-state index in [4.69, 9.17) is 0 Å². The van der Waals surface area contributed by atoms with Crippen LogP contribution in [0.5, 0.6) is 5.75 Å². The number of fused-ring (bicyclic) bond motifs is 1. The smallest absolute Gasteiger partial charge is 0.406 e. The number of hydrogen-bond acceptors (Lipinski definition) is 4. The summed E-state index contributed by atoms with van der Waals surface area (Å²) in [4.78, 5) is 12.5. The van der Waals surface area contributed by atoms with E-state index in [2.05, 4.69) is 15.3 Å². The van der Waals surface area contributed by atoms with Gasteiger partial charge in [-0.3, -0.25) is 4.79 Å². The molecule has 3 rings (SSSR count). The lowest BCUT2D eigenvalue weighted by molar-refractivity contribution is -0.274. The van der Waals surface area contributed by atoms with E-state index in [1.165, 1.54) is 29.5 Å². The van der Waals surface area contributed by atoms with Crippen molar-refractivity contribution in [1.29, 1.82) is 0 Å². The van der Waals surface area contributed by atoms with Crippen LogP contribution in [0.3, 0.4) is 0 Å². The normalized spacial score (nSPS) is 16.8. The van der Waals surface area contributed by atoms with Gasteiger partial charge in [0, 0.05) is 13.0 Å². The fourth-order valence-electron chi connectivity index (χ4n) is 2.80. The first-order valence-electron chi connectivity index (χ1n) is 7.52. The van der Waals surface area contributed by atoms with Crippen LogP contribution in [0.1, 0.15) is 25.7 Å². The maximum Gasteiger partial charge on any atom is 0.573 e. The maximum atomic E-state index is 12.3. The lowest BCUT2D eigenvalue weighted by Gasteiger charge is -2.08. The van der Waals surface area contributed by atoms with Crippen LogP contribution in [0.4, 0.5) is 13.2 Å². The van der Waals surface area contributed by atoms with Gasteiger partial charge in [0.1, 0.15) is 5.75 Å². The van der Waals surface area contributed by atoms with E-state index in [1.807, 2.05) is 0 Å². The van der Waals surface area contributed by atoms with Gasteiger partial charge in [-0.2, -0.15) is 0 Å². The molecular weight excluding hydrogens is 343 g/mol. The second kappa shape index (κ2) is 6.46. The van der Waals surface area contributed by atoms with Gasteiger partial charge in [0.15, 0.2) is 0 Å². The molecule has 1 N–H and O–H groups in total. The number of amides is 1. The van der Waals surface area contributed by atoms with Crippen LogP contribution in [0.2, 0.25) is 0 Å². The number of aryl methyl sites for hydroxylation is 1. The van der Waals surface area contributed by atoms with E-state index in [-0.39, 0.29) is 17.6 Å². The lowest BCUT2D eigenvalue weighted by atomic mass is 10.1. The van der Waals surface area contributed by atoms with Crippen LogP contribution >= 0.6 is 11.3 Å². The first-order valence-corrected chi connectivity index (χ1v) is 8.34. The zero-order valence-corrected chi connectivity index (χ0v) is 13.7. The highest BCUT2D eigenvalue weighted by Gasteiger charge is 2.31. The molecule has 1 aliphatic rings. The molecule has 0 radical (unpaired) electrons. The van der Waals surface area contributed by atoms with Crippen molar-refractivity contribution in [3.05, 3.63) is 23.0 Å². The quantitative estimate of drug-likeness (QED) is 0.856. The molecule has 1 saturated carbocycles. The van der Waals surface area contributed by atoms with Crippen LogP contribution in [0.25, 0.3) is 10.2 Å². The van der Waals surface area contributed by atoms with Crippen molar-refractivity contribution in [2.75, 3.05) is 0 Å². The molecule has 130 valence electrons. The Hall–Kier alpha value is -2.03. The summed E-state index contributed by atoms with van der Waals surface area (Å²) >= 11 is 1.18. The number of alkyl halides is 3. The molecule has 2 aromatic rings. The van der Waals surface area contributed by atoms with Crippen LogP contribution in [0, 0.1) is 5.92 Å². The van der Waals surface area contributed by atoms with Gasteiger partial charge in [-0.1, -0.05) is 24.2 Å². The number of thiazole rings is 1. The monoisotopic (exact) mass is 359 g/mol. The summed E-state index contributed by atoms with van der Waals surface area (Å²) in [5.74, 6) is -0.385. The number of nitrogens with one attached hydrogen (secondary N) is 1. The number of aromatic nitrogens is 1. The Kier molecular flexibility index (Phi) is 4.53. The van der Waals surface area contributed by atoms with E-state index in [0.29, 0.717) is 15.0 Å². The average molecular weight is 359 g/mol. The minimum Gasteiger partial charge on any atom is -0.406 e. The van der Waals surface area contributed by atoms with Gasteiger partial charge in [0.25, 0.3) is 0 Å². The van der Waals surface area contributed by atoms with Crippen LogP contribution in [0.15, 0.2) is 23.3 Å². The summed E-state index contributed by atoms with van der Waals surface area (Å²) in [6.45, 7) is 0. The number of nitrogens with zero attached hydrogens (tertiary/aromatic N) is 2. The standard InChI is InChI=1S/C15H16F3N3O2S/c1-21-11-7-6-10(23-15(16,17)18)8-12(11)24-14(21)20-19-13(22)9-4-2-3-5-9/h6-9H,2-5H2,1H3,(H,19,22)/b20-14-. The van der Waals surface area contributed by atoms with Crippen molar-refractivity contribution in [2.45, 2.75) is 32.0 Å². The molecule has 1 aromatic heterocycles. The molecule has 0 unspecified atom stereocenters. The first kappa shape index (κ1) is 16.8. The number of rotatable bonds is 3. The lowest BCUT2D eigenvalue weighted by Crippen LogP contribution is -2.28. The number of carbonyl (C=O) groups is 1. The second-order valence-corrected chi connectivity index (χ2v) is 6.70. The van der Waals surface area contributed by atoms with Gasteiger partial charge in [-0.25, -0.2) is 5.43 Å². The third-order valence-corrected chi connectivity index (χ3v) is 5.10. The zero-order valence-electron chi connectivity index (χ0n) is 12.9. The molecule has 24 heavy (non-hydrogen) atoms.